The van der Waals surface area contributed by atoms with E-state index in [4.69, 9.17) is 9.47 Å². The van der Waals surface area contributed by atoms with Crippen LogP contribution in [-0.4, -0.2) is 33.0 Å². The molecule has 1 aromatic carbocycles. The first-order valence-electron chi connectivity index (χ1n) is 6.06. The van der Waals surface area contributed by atoms with E-state index in [2.05, 4.69) is 19.6 Å². The first-order chi connectivity index (χ1) is 10.1. The van der Waals surface area contributed by atoms with Crippen molar-refractivity contribution in [2.75, 3.05) is 20.8 Å². The Kier molecular flexibility index (Phi) is 6.82. The van der Waals surface area contributed by atoms with Crippen LogP contribution in [0.2, 0.25) is 0 Å². The molecule has 0 fully saturated rings. The molecule has 0 spiro atoms. The van der Waals surface area contributed by atoms with Crippen molar-refractivity contribution in [2.24, 2.45) is 0 Å². The molecule has 0 bridgehead atoms. The van der Waals surface area contributed by atoms with Gasteiger partial charge in [0, 0.05) is 0 Å². The van der Waals surface area contributed by atoms with E-state index in [0.29, 0.717) is 17.9 Å². The minimum absolute atomic E-state index is 0.123. The Hall–Kier alpha value is -2.48. The second-order valence-corrected chi connectivity index (χ2v) is 3.69. The van der Waals surface area contributed by atoms with E-state index in [1.165, 1.54) is 32.4 Å². The Labute approximate surface area is 121 Å². The number of ether oxygens (including phenoxy) is 3. The van der Waals surface area contributed by atoms with Crippen molar-refractivity contribution in [2.45, 2.75) is 13.3 Å². The lowest BCUT2D eigenvalue weighted by atomic mass is 10.2. The Bertz CT molecular complexity index is 485. The first-order valence-corrected chi connectivity index (χ1v) is 6.06. The molecule has 116 valence electrons. The summed E-state index contributed by atoms with van der Waals surface area (Å²) in [4.78, 5) is 30.9. The number of carbonyl (C=O) groups is 2. The zero-order valence-electron chi connectivity index (χ0n) is 11.9. The van der Waals surface area contributed by atoms with Crippen LogP contribution in [0.25, 0.3) is 0 Å². The standard InChI is InChI=1S/C13H16O8/c1-4-7-18-13(15)20-21-19-12(14)9-5-6-10(16-2)11(8-9)17-3/h5-6,8H,4,7H2,1-3H3. The fraction of sp³-hybridized carbons (Fsp3) is 0.385. The second kappa shape index (κ2) is 8.64. The van der Waals surface area contributed by atoms with Gasteiger partial charge >= 0.3 is 12.1 Å². The van der Waals surface area contributed by atoms with Crippen molar-refractivity contribution in [1.82, 2.24) is 0 Å². The van der Waals surface area contributed by atoms with Crippen LogP contribution in [0.1, 0.15) is 23.7 Å². The molecule has 0 saturated heterocycles. The van der Waals surface area contributed by atoms with Crippen LogP contribution in [0.3, 0.4) is 0 Å². The highest BCUT2D eigenvalue weighted by atomic mass is 17.5. The molecule has 0 aliphatic heterocycles. The summed E-state index contributed by atoms with van der Waals surface area (Å²) in [6.07, 6.45) is -0.475. The third-order valence-corrected chi connectivity index (χ3v) is 2.26. The predicted octanol–water partition coefficient (Wildman–Crippen LogP) is 2.27. The lowest BCUT2D eigenvalue weighted by Gasteiger charge is -2.08. The van der Waals surface area contributed by atoms with Crippen LogP contribution in [0.15, 0.2) is 18.2 Å². The van der Waals surface area contributed by atoms with Crippen LogP contribution < -0.4 is 9.47 Å². The van der Waals surface area contributed by atoms with Crippen LogP contribution in [0, 0.1) is 0 Å². The van der Waals surface area contributed by atoms with Gasteiger partial charge in [0.25, 0.3) is 0 Å². The number of carbonyl (C=O) groups excluding carboxylic acids is 2. The zero-order valence-corrected chi connectivity index (χ0v) is 11.9. The summed E-state index contributed by atoms with van der Waals surface area (Å²) < 4.78 is 14.6. The van der Waals surface area contributed by atoms with E-state index >= 15 is 0 Å². The second-order valence-electron chi connectivity index (χ2n) is 3.69. The topological polar surface area (TPSA) is 89.5 Å². The molecule has 0 N–H and O–H groups in total. The van der Waals surface area contributed by atoms with Gasteiger partial charge in [0.1, 0.15) is 0 Å². The lowest BCUT2D eigenvalue weighted by molar-refractivity contribution is -0.452. The smallest absolute Gasteiger partial charge is 0.493 e. The van der Waals surface area contributed by atoms with Crippen LogP contribution in [0.4, 0.5) is 4.79 Å². The predicted molar refractivity (Wildman–Crippen MR) is 68.8 cm³/mol. The van der Waals surface area contributed by atoms with Gasteiger partial charge in [0.2, 0.25) is 0 Å². The van der Waals surface area contributed by atoms with Crippen molar-refractivity contribution in [1.29, 1.82) is 0 Å². The van der Waals surface area contributed by atoms with Crippen molar-refractivity contribution >= 4 is 12.1 Å². The summed E-state index contributed by atoms with van der Waals surface area (Å²) >= 11 is 0. The molecule has 1 aromatic rings. The first kappa shape index (κ1) is 16.6. The Morgan fingerprint density at radius 1 is 1.05 bits per heavy atom. The van der Waals surface area contributed by atoms with Gasteiger partial charge in [0.05, 0.1) is 31.4 Å². The van der Waals surface area contributed by atoms with E-state index in [1.807, 2.05) is 6.92 Å². The molecule has 0 aliphatic carbocycles. The van der Waals surface area contributed by atoms with Crippen molar-refractivity contribution in [3.8, 4) is 11.5 Å². The van der Waals surface area contributed by atoms with Gasteiger partial charge < -0.3 is 14.2 Å². The normalized spacial score (nSPS) is 9.67. The fourth-order valence-corrected chi connectivity index (χ4v) is 1.30. The van der Waals surface area contributed by atoms with Gasteiger partial charge in [0.15, 0.2) is 11.5 Å². The Morgan fingerprint density at radius 2 is 1.76 bits per heavy atom. The summed E-state index contributed by atoms with van der Waals surface area (Å²) in [5.41, 5.74) is 0.123. The number of rotatable bonds is 7. The quantitative estimate of drug-likeness (QED) is 0.430. The van der Waals surface area contributed by atoms with Gasteiger partial charge in [-0.2, -0.15) is 0 Å². The van der Waals surface area contributed by atoms with E-state index in [1.54, 1.807) is 0 Å². The van der Waals surface area contributed by atoms with E-state index in [9.17, 15) is 9.59 Å². The minimum Gasteiger partial charge on any atom is -0.493 e. The molecule has 0 aromatic heterocycles. The van der Waals surface area contributed by atoms with Gasteiger partial charge in [-0.25, -0.2) is 14.5 Å². The largest absolute Gasteiger partial charge is 0.543 e. The minimum atomic E-state index is -1.10. The van der Waals surface area contributed by atoms with Crippen molar-refractivity contribution in [3.05, 3.63) is 23.8 Å². The third kappa shape index (κ3) is 5.19. The number of hydrogen-bond donors (Lipinski definition) is 0. The summed E-state index contributed by atoms with van der Waals surface area (Å²) in [7, 11) is 2.89. The molecule has 1 rings (SSSR count). The molecule has 0 saturated carbocycles. The maximum Gasteiger partial charge on any atom is 0.543 e. The van der Waals surface area contributed by atoms with Crippen LogP contribution in [0.5, 0.6) is 11.5 Å². The molecule has 21 heavy (non-hydrogen) atoms. The lowest BCUT2D eigenvalue weighted by Crippen LogP contribution is -2.12. The molecule has 0 amide bonds. The van der Waals surface area contributed by atoms with Crippen LogP contribution in [-0.2, 0) is 19.6 Å². The van der Waals surface area contributed by atoms with E-state index in [-0.39, 0.29) is 12.2 Å². The Morgan fingerprint density at radius 3 is 2.38 bits per heavy atom. The van der Waals surface area contributed by atoms with Gasteiger partial charge in [-0.15, -0.1) is 0 Å². The maximum absolute atomic E-state index is 11.6. The molecule has 0 radical (unpaired) electrons. The average Bonchev–Trinajstić information content (AvgIpc) is 2.51. The van der Waals surface area contributed by atoms with E-state index < -0.39 is 12.1 Å². The molecular weight excluding hydrogens is 284 g/mol. The van der Waals surface area contributed by atoms with Gasteiger partial charge in [-0.1, -0.05) is 6.92 Å². The van der Waals surface area contributed by atoms with Crippen molar-refractivity contribution < 1.29 is 38.6 Å². The molecule has 0 atom stereocenters. The fourth-order valence-electron chi connectivity index (χ4n) is 1.30. The summed E-state index contributed by atoms with van der Waals surface area (Å²) in [5, 5.41) is 4.04. The number of benzene rings is 1. The molecule has 0 heterocycles. The number of hydrogen-bond acceptors (Lipinski definition) is 8. The number of methoxy groups -OCH3 is 2. The zero-order chi connectivity index (χ0) is 15.7. The highest BCUT2D eigenvalue weighted by Gasteiger charge is 2.14. The SMILES string of the molecule is CCCOC(=O)OOOC(=O)c1ccc(OC)c(OC)c1. The van der Waals surface area contributed by atoms with Crippen molar-refractivity contribution in [3.63, 3.8) is 0 Å². The summed E-state index contributed by atoms with van der Waals surface area (Å²) in [6.45, 7) is 1.98. The molecule has 0 aliphatic rings. The molecular formula is C13H16O8. The molecule has 8 heteroatoms. The van der Waals surface area contributed by atoms with Crippen LogP contribution >= 0.6 is 0 Å². The maximum atomic E-state index is 11.6. The van der Waals surface area contributed by atoms with E-state index in [0.717, 1.165) is 0 Å². The molecule has 0 unspecified atom stereocenters. The third-order valence-electron chi connectivity index (χ3n) is 2.26. The Balaban J connectivity index is 2.50. The average molecular weight is 300 g/mol. The highest BCUT2D eigenvalue weighted by Crippen LogP contribution is 2.27. The molecule has 8 nitrogen and oxygen atoms in total. The van der Waals surface area contributed by atoms with Gasteiger partial charge in [-0.3, -0.25) is 4.89 Å². The van der Waals surface area contributed by atoms with Gasteiger partial charge in [-0.05, 0) is 24.6 Å². The highest BCUT2D eigenvalue weighted by molar-refractivity contribution is 5.89. The summed E-state index contributed by atoms with van der Waals surface area (Å²) in [5.74, 6) is -0.0798. The summed E-state index contributed by atoms with van der Waals surface area (Å²) in [6, 6.07) is 4.34. The monoisotopic (exact) mass is 300 g/mol.